The van der Waals surface area contributed by atoms with E-state index in [-0.39, 0.29) is 18.4 Å². The number of urea groups is 1. The zero-order valence-corrected chi connectivity index (χ0v) is 22.4. The van der Waals surface area contributed by atoms with Gasteiger partial charge in [-0.3, -0.25) is 0 Å². The van der Waals surface area contributed by atoms with Gasteiger partial charge in [-0.15, -0.1) is 0 Å². The van der Waals surface area contributed by atoms with Crippen LogP contribution in [-0.4, -0.2) is 31.9 Å². The number of ether oxygens (including phenoxy) is 1. The van der Waals surface area contributed by atoms with Crippen LogP contribution in [-0.2, 0) is 13.0 Å². The van der Waals surface area contributed by atoms with E-state index in [9.17, 15) is 9.18 Å². The van der Waals surface area contributed by atoms with E-state index >= 15 is 0 Å². The summed E-state index contributed by atoms with van der Waals surface area (Å²) >= 11 is 0. The molecule has 2 aromatic heterocycles. The van der Waals surface area contributed by atoms with Crippen molar-refractivity contribution in [2.24, 2.45) is 0 Å². The van der Waals surface area contributed by atoms with Gasteiger partial charge in [-0.05, 0) is 67.4 Å². The number of aryl methyl sites for hydroxylation is 1. The molecule has 0 fully saturated rings. The summed E-state index contributed by atoms with van der Waals surface area (Å²) in [5, 5.41) is 8.06. The molecule has 2 amide bonds. The van der Waals surface area contributed by atoms with Gasteiger partial charge in [0.1, 0.15) is 17.4 Å². The fourth-order valence-corrected chi connectivity index (χ4v) is 5.41. The molecule has 202 valence electrons. The van der Waals surface area contributed by atoms with Gasteiger partial charge in [0.2, 0.25) is 0 Å². The first-order valence-corrected chi connectivity index (χ1v) is 13.5. The minimum absolute atomic E-state index is 0.275. The minimum atomic E-state index is -0.564. The van der Waals surface area contributed by atoms with Crippen molar-refractivity contribution in [2.75, 3.05) is 11.9 Å². The number of amides is 2. The summed E-state index contributed by atoms with van der Waals surface area (Å²) in [6.45, 7) is 4.71. The first kappa shape index (κ1) is 25.4. The average Bonchev–Trinajstić information content (AvgIpc) is 3.55. The molecule has 40 heavy (non-hydrogen) atoms. The molecule has 3 aromatic carbocycles. The van der Waals surface area contributed by atoms with Gasteiger partial charge in [-0.2, -0.15) is 5.10 Å². The second kappa shape index (κ2) is 10.7. The zero-order chi connectivity index (χ0) is 27.6. The number of para-hydroxylation sites is 3. The summed E-state index contributed by atoms with van der Waals surface area (Å²) in [4.78, 5) is 15.9. The minimum Gasteiger partial charge on any atom is -0.492 e. The Morgan fingerprint density at radius 1 is 1.00 bits per heavy atom. The van der Waals surface area contributed by atoms with Gasteiger partial charge in [0.05, 0.1) is 42.0 Å². The largest absolute Gasteiger partial charge is 0.492 e. The number of halogens is 1. The Morgan fingerprint density at radius 3 is 2.58 bits per heavy atom. The van der Waals surface area contributed by atoms with Crippen LogP contribution in [0.1, 0.15) is 42.4 Å². The number of rotatable bonds is 6. The molecular formula is C32H30FN5O2. The number of hydrogen-bond donors (Lipinski definition) is 1. The maximum absolute atomic E-state index is 14.6. The fraction of sp³-hybridized carbons (Fsp3) is 0.188. The number of fused-ring (bicyclic) bond motifs is 3. The number of anilines is 1. The maximum atomic E-state index is 14.6. The lowest BCUT2D eigenvalue weighted by Crippen LogP contribution is -2.38. The Morgan fingerprint density at radius 2 is 1.80 bits per heavy atom. The summed E-state index contributed by atoms with van der Waals surface area (Å²) in [5.74, 6) is 1.10. The average molecular weight is 536 g/mol. The van der Waals surface area contributed by atoms with Crippen LogP contribution in [0.3, 0.4) is 0 Å². The summed E-state index contributed by atoms with van der Waals surface area (Å²) in [6.07, 6.45) is 2.67. The molecule has 1 N–H and O–H groups in total. The number of hydrogen-bond acceptors (Lipinski definition) is 3. The van der Waals surface area contributed by atoms with Gasteiger partial charge in [0.15, 0.2) is 0 Å². The van der Waals surface area contributed by atoms with E-state index in [0.29, 0.717) is 30.0 Å². The summed E-state index contributed by atoms with van der Waals surface area (Å²) in [7, 11) is 0. The van der Waals surface area contributed by atoms with Crippen LogP contribution in [0.15, 0.2) is 97.2 Å². The molecule has 6 rings (SSSR count). The third kappa shape index (κ3) is 4.51. The Balaban J connectivity index is 1.54. The van der Waals surface area contributed by atoms with Crippen molar-refractivity contribution in [3.63, 3.8) is 0 Å². The predicted octanol–water partition coefficient (Wildman–Crippen LogP) is 6.90. The molecule has 1 aliphatic rings. The van der Waals surface area contributed by atoms with Crippen LogP contribution in [0.2, 0.25) is 0 Å². The Hall–Kier alpha value is -4.85. The molecule has 0 bridgehead atoms. The Labute approximate surface area is 232 Å². The van der Waals surface area contributed by atoms with E-state index < -0.39 is 6.04 Å². The second-order valence-electron chi connectivity index (χ2n) is 9.60. The molecule has 0 radical (unpaired) electrons. The quantitative estimate of drug-likeness (QED) is 0.257. The van der Waals surface area contributed by atoms with Crippen molar-refractivity contribution < 1.29 is 13.9 Å². The normalized spacial score (nSPS) is 14.3. The predicted molar refractivity (Wildman–Crippen MR) is 153 cm³/mol. The standard InChI is InChI=1S/C32H30FN5O2/c1-3-26-25-21-37(32(39)34-27-16-8-9-18-29(27)40-4-2)30(22-12-10-13-23(33)20-22)28-17-11-19-36(28)31(25)38(35-26)24-14-6-5-7-15-24/h5-20,30H,3-4,21H2,1-2H3,(H,34,39). The van der Waals surface area contributed by atoms with E-state index in [2.05, 4.69) is 16.8 Å². The highest BCUT2D eigenvalue weighted by Gasteiger charge is 2.36. The van der Waals surface area contributed by atoms with Gasteiger partial charge in [0.25, 0.3) is 0 Å². The van der Waals surface area contributed by atoms with Crippen molar-refractivity contribution in [3.05, 3.63) is 126 Å². The van der Waals surface area contributed by atoms with Crippen LogP contribution >= 0.6 is 0 Å². The smallest absolute Gasteiger partial charge is 0.323 e. The van der Waals surface area contributed by atoms with Crippen LogP contribution < -0.4 is 10.1 Å². The summed E-state index contributed by atoms with van der Waals surface area (Å²) in [6, 6.07) is 26.8. The van der Waals surface area contributed by atoms with Gasteiger partial charge < -0.3 is 19.5 Å². The molecule has 5 aromatic rings. The van der Waals surface area contributed by atoms with Crippen LogP contribution in [0.5, 0.6) is 5.75 Å². The van der Waals surface area contributed by atoms with Crippen LogP contribution in [0.25, 0.3) is 11.5 Å². The molecular weight excluding hydrogens is 505 g/mol. The Kier molecular flexibility index (Phi) is 6.82. The van der Waals surface area contributed by atoms with Gasteiger partial charge in [0, 0.05) is 11.8 Å². The highest BCUT2D eigenvalue weighted by Crippen LogP contribution is 2.39. The first-order chi connectivity index (χ1) is 19.6. The number of carbonyl (C=O) groups excluding carboxylic acids is 1. The lowest BCUT2D eigenvalue weighted by Gasteiger charge is -2.31. The van der Waals surface area contributed by atoms with Crippen molar-refractivity contribution in [1.82, 2.24) is 19.2 Å². The number of carbonyl (C=O) groups is 1. The lowest BCUT2D eigenvalue weighted by molar-refractivity contribution is 0.194. The van der Waals surface area contributed by atoms with Gasteiger partial charge in [-0.1, -0.05) is 49.4 Å². The first-order valence-electron chi connectivity index (χ1n) is 13.5. The lowest BCUT2D eigenvalue weighted by atomic mass is 10.0. The number of nitrogens with zero attached hydrogens (tertiary/aromatic N) is 4. The number of nitrogens with one attached hydrogen (secondary N) is 1. The summed E-state index contributed by atoms with van der Waals surface area (Å²) in [5.41, 5.74) is 4.83. The van der Waals surface area contributed by atoms with Crippen molar-refractivity contribution in [1.29, 1.82) is 0 Å². The summed E-state index contributed by atoms with van der Waals surface area (Å²) < 4.78 is 24.4. The van der Waals surface area contributed by atoms with E-state index in [1.807, 2.05) is 90.6 Å². The molecule has 0 saturated heterocycles. The van der Waals surface area contributed by atoms with Crippen molar-refractivity contribution in [2.45, 2.75) is 32.9 Å². The SMILES string of the molecule is CCOc1ccccc1NC(=O)N1Cc2c(CC)nn(-c3ccccc3)c2-n2cccc2C1c1cccc(F)c1. The van der Waals surface area contributed by atoms with E-state index in [1.165, 1.54) is 12.1 Å². The van der Waals surface area contributed by atoms with E-state index in [4.69, 9.17) is 9.84 Å². The molecule has 0 saturated carbocycles. The highest BCUT2D eigenvalue weighted by molar-refractivity contribution is 5.91. The third-order valence-electron chi connectivity index (χ3n) is 7.16. The number of aromatic nitrogens is 3. The van der Waals surface area contributed by atoms with Gasteiger partial charge in [-0.25, -0.2) is 13.9 Å². The highest BCUT2D eigenvalue weighted by atomic mass is 19.1. The molecule has 1 unspecified atom stereocenters. The Bertz CT molecular complexity index is 1660. The van der Waals surface area contributed by atoms with Crippen molar-refractivity contribution >= 4 is 11.7 Å². The molecule has 8 heteroatoms. The fourth-order valence-electron chi connectivity index (χ4n) is 5.41. The maximum Gasteiger partial charge on any atom is 0.323 e. The molecule has 0 aliphatic carbocycles. The molecule has 1 atom stereocenters. The van der Waals surface area contributed by atoms with Crippen LogP contribution in [0.4, 0.5) is 14.9 Å². The van der Waals surface area contributed by atoms with Gasteiger partial charge >= 0.3 is 6.03 Å². The van der Waals surface area contributed by atoms with Crippen molar-refractivity contribution in [3.8, 4) is 17.3 Å². The number of benzene rings is 3. The van der Waals surface area contributed by atoms with Crippen LogP contribution in [0, 0.1) is 5.82 Å². The molecule has 0 spiro atoms. The third-order valence-corrected chi connectivity index (χ3v) is 7.16. The molecule has 1 aliphatic heterocycles. The van der Waals surface area contributed by atoms with E-state index in [1.54, 1.807) is 11.0 Å². The molecule has 7 nitrogen and oxygen atoms in total. The van der Waals surface area contributed by atoms with E-state index in [0.717, 1.165) is 28.5 Å². The second-order valence-corrected chi connectivity index (χ2v) is 9.60. The zero-order valence-electron chi connectivity index (χ0n) is 22.4. The molecule has 3 heterocycles. The monoisotopic (exact) mass is 535 g/mol. The topological polar surface area (TPSA) is 64.3 Å².